The van der Waals surface area contributed by atoms with Gasteiger partial charge in [0.05, 0.1) is 0 Å². The Morgan fingerprint density at radius 3 is 1.62 bits per heavy atom. The van der Waals surface area contributed by atoms with E-state index in [2.05, 4.69) is 62.4 Å². The van der Waals surface area contributed by atoms with Crippen molar-refractivity contribution in [1.29, 1.82) is 0 Å². The number of hydrogen-bond donors (Lipinski definition) is 0. The quantitative estimate of drug-likeness (QED) is 0.537. The maximum atomic E-state index is 3.93. The maximum absolute atomic E-state index is 3.93. The van der Waals surface area contributed by atoms with Crippen LogP contribution in [0.2, 0.25) is 0 Å². The van der Waals surface area contributed by atoms with Gasteiger partial charge >= 0.3 is 0 Å². The molecule has 2 rings (SSSR count). The van der Waals surface area contributed by atoms with Crippen LogP contribution < -0.4 is 0 Å². The van der Waals surface area contributed by atoms with E-state index in [1.54, 1.807) is 0 Å². The van der Waals surface area contributed by atoms with Gasteiger partial charge in [0, 0.05) is 0 Å². The van der Waals surface area contributed by atoms with E-state index in [1.165, 1.54) is 48.8 Å². The molecule has 2 aromatic carbocycles. The number of rotatable bonds is 8. The van der Waals surface area contributed by atoms with Gasteiger partial charge in [0.25, 0.3) is 0 Å². The summed E-state index contributed by atoms with van der Waals surface area (Å²) in [6.45, 7) is 6.19. The monoisotopic (exact) mass is 279 g/mol. The molecule has 0 nitrogen and oxygen atoms in total. The highest BCUT2D eigenvalue weighted by Crippen LogP contribution is 2.12. The minimum Gasteiger partial charge on any atom is -0.0654 e. The van der Waals surface area contributed by atoms with Crippen molar-refractivity contribution in [3.63, 3.8) is 0 Å². The topological polar surface area (TPSA) is 0 Å². The van der Waals surface area contributed by atoms with Crippen LogP contribution in [0.5, 0.6) is 0 Å². The van der Waals surface area contributed by atoms with E-state index in [0.717, 1.165) is 18.4 Å². The molecule has 0 bridgehead atoms. The highest BCUT2D eigenvalue weighted by molar-refractivity contribution is 5.27. The summed E-state index contributed by atoms with van der Waals surface area (Å²) in [5, 5.41) is 0. The first-order valence-electron chi connectivity index (χ1n) is 8.26. The normalized spacial score (nSPS) is 10.8. The summed E-state index contributed by atoms with van der Waals surface area (Å²) in [4.78, 5) is 0. The Balaban J connectivity index is 1.78. The fourth-order valence-corrected chi connectivity index (χ4v) is 2.62. The smallest absolute Gasteiger partial charge is 0.0238 e. The molecule has 2 aromatic rings. The average molecular weight is 279 g/mol. The summed E-state index contributed by atoms with van der Waals surface area (Å²) < 4.78 is 0. The molecule has 0 aliphatic carbocycles. The van der Waals surface area contributed by atoms with E-state index < -0.39 is 0 Å². The number of benzene rings is 2. The molecule has 0 heterocycles. The number of aryl methyl sites for hydroxylation is 3. The van der Waals surface area contributed by atoms with Gasteiger partial charge in [0.2, 0.25) is 0 Å². The third-order valence-corrected chi connectivity index (χ3v) is 4.07. The van der Waals surface area contributed by atoms with Crippen molar-refractivity contribution in [1.82, 2.24) is 0 Å². The van der Waals surface area contributed by atoms with Crippen molar-refractivity contribution in [2.24, 2.45) is 0 Å². The molecule has 0 spiro atoms. The third kappa shape index (κ3) is 5.75. The van der Waals surface area contributed by atoms with Crippen LogP contribution >= 0.6 is 0 Å². The van der Waals surface area contributed by atoms with E-state index >= 15 is 0 Å². The molecule has 0 aromatic heterocycles. The van der Waals surface area contributed by atoms with Gasteiger partial charge in [-0.15, -0.1) is 0 Å². The van der Waals surface area contributed by atoms with E-state index in [1.807, 2.05) is 0 Å². The molecule has 0 atom stereocenters. The zero-order chi connectivity index (χ0) is 14.9. The fourth-order valence-electron chi connectivity index (χ4n) is 2.62. The van der Waals surface area contributed by atoms with Gasteiger partial charge in [-0.25, -0.2) is 0 Å². The van der Waals surface area contributed by atoms with Crippen molar-refractivity contribution in [2.75, 3.05) is 0 Å². The Morgan fingerprint density at radius 2 is 1.10 bits per heavy atom. The minimum absolute atomic E-state index is 1.09. The molecule has 0 aliphatic heterocycles. The van der Waals surface area contributed by atoms with Gasteiger partial charge in [-0.3, -0.25) is 0 Å². The predicted molar refractivity (Wildman–Crippen MR) is 92.6 cm³/mol. The molecule has 0 fully saturated rings. The third-order valence-electron chi connectivity index (χ3n) is 4.07. The average Bonchev–Trinajstić information content (AvgIpc) is 2.52. The van der Waals surface area contributed by atoms with E-state index in [-0.39, 0.29) is 0 Å². The fraction of sp³-hybridized carbons (Fsp3) is 0.381. The first kappa shape index (κ1) is 15.8. The van der Waals surface area contributed by atoms with Crippen LogP contribution in [-0.4, -0.2) is 0 Å². The van der Waals surface area contributed by atoms with Crippen LogP contribution in [0.1, 0.15) is 54.9 Å². The summed E-state index contributed by atoms with van der Waals surface area (Å²) in [6.07, 6.45) is 8.82. The second kappa shape index (κ2) is 8.67. The lowest BCUT2D eigenvalue weighted by molar-refractivity contribution is 0.667. The Labute approximate surface area is 130 Å². The van der Waals surface area contributed by atoms with Gasteiger partial charge in [-0.2, -0.15) is 0 Å². The summed E-state index contributed by atoms with van der Waals surface area (Å²) in [5.41, 5.74) is 5.40. The Bertz CT molecular complexity index is 505. The summed E-state index contributed by atoms with van der Waals surface area (Å²) in [6, 6.07) is 17.8. The Kier molecular flexibility index (Phi) is 6.53. The Morgan fingerprint density at radius 1 is 0.619 bits per heavy atom. The van der Waals surface area contributed by atoms with Crippen LogP contribution in [0.25, 0.3) is 0 Å². The van der Waals surface area contributed by atoms with Crippen LogP contribution in [0.4, 0.5) is 0 Å². The molecule has 111 valence electrons. The SMILES string of the molecule is [CH2]c1ccc(CCc2ccc(CCCCCC)cc2)cc1. The lowest BCUT2D eigenvalue weighted by Crippen LogP contribution is -1.92. The van der Waals surface area contributed by atoms with Crippen molar-refractivity contribution < 1.29 is 0 Å². The van der Waals surface area contributed by atoms with E-state index in [9.17, 15) is 0 Å². The standard InChI is InChI=1S/C21H27/c1-3-4-5-6-7-19-12-14-21(15-13-19)17-16-20-10-8-18(2)9-11-20/h8-15H,2-7,16-17H2,1H3. The van der Waals surface area contributed by atoms with Crippen molar-refractivity contribution in [3.05, 3.63) is 77.7 Å². The van der Waals surface area contributed by atoms with E-state index in [0.29, 0.717) is 0 Å². The second-order valence-corrected chi connectivity index (χ2v) is 5.94. The molecule has 21 heavy (non-hydrogen) atoms. The van der Waals surface area contributed by atoms with Crippen LogP contribution in [-0.2, 0) is 19.3 Å². The molecular weight excluding hydrogens is 252 g/mol. The molecule has 0 unspecified atom stereocenters. The largest absolute Gasteiger partial charge is 0.0654 e. The predicted octanol–water partition coefficient (Wildman–Crippen LogP) is 5.78. The van der Waals surface area contributed by atoms with Gasteiger partial charge in [-0.05, 0) is 54.9 Å². The Hall–Kier alpha value is -1.56. The summed E-state index contributed by atoms with van der Waals surface area (Å²) in [7, 11) is 0. The molecule has 0 heteroatoms. The van der Waals surface area contributed by atoms with Gasteiger partial charge < -0.3 is 0 Å². The van der Waals surface area contributed by atoms with Crippen molar-refractivity contribution in [2.45, 2.75) is 51.9 Å². The molecule has 0 saturated carbocycles. The second-order valence-electron chi connectivity index (χ2n) is 5.94. The first-order chi connectivity index (χ1) is 10.3. The number of unbranched alkanes of at least 4 members (excludes halogenated alkanes) is 3. The lowest BCUT2D eigenvalue weighted by atomic mass is 10.0. The highest BCUT2D eigenvalue weighted by Gasteiger charge is 1.98. The molecule has 0 aliphatic rings. The molecule has 0 amide bonds. The lowest BCUT2D eigenvalue weighted by Gasteiger charge is -2.05. The molecule has 0 N–H and O–H groups in total. The maximum Gasteiger partial charge on any atom is -0.0238 e. The van der Waals surface area contributed by atoms with Gasteiger partial charge in [0.1, 0.15) is 0 Å². The zero-order valence-corrected chi connectivity index (χ0v) is 13.3. The van der Waals surface area contributed by atoms with Crippen molar-refractivity contribution >= 4 is 0 Å². The molecular formula is C21H27. The van der Waals surface area contributed by atoms with Crippen LogP contribution in [0, 0.1) is 6.92 Å². The van der Waals surface area contributed by atoms with Crippen LogP contribution in [0.15, 0.2) is 48.5 Å². The number of hydrogen-bond acceptors (Lipinski definition) is 0. The minimum atomic E-state index is 1.09. The van der Waals surface area contributed by atoms with Gasteiger partial charge in [-0.1, -0.05) is 74.7 Å². The van der Waals surface area contributed by atoms with Gasteiger partial charge in [0.15, 0.2) is 0 Å². The highest BCUT2D eigenvalue weighted by atomic mass is 14.0. The zero-order valence-electron chi connectivity index (χ0n) is 13.3. The van der Waals surface area contributed by atoms with Crippen molar-refractivity contribution in [3.8, 4) is 0 Å². The molecule has 1 radical (unpaired) electrons. The first-order valence-corrected chi connectivity index (χ1v) is 8.26. The molecule has 0 saturated heterocycles. The van der Waals surface area contributed by atoms with Crippen LogP contribution in [0.3, 0.4) is 0 Å². The summed E-state index contributed by atoms with van der Waals surface area (Å²) >= 11 is 0. The van der Waals surface area contributed by atoms with E-state index in [4.69, 9.17) is 0 Å². The summed E-state index contributed by atoms with van der Waals surface area (Å²) in [5.74, 6) is 0.